The zero-order valence-electron chi connectivity index (χ0n) is 15.6. The monoisotopic (exact) mass is 393 g/mol. The molecule has 1 aliphatic rings. The van der Waals surface area contributed by atoms with Crippen LogP contribution in [0.1, 0.15) is 33.4 Å². The van der Waals surface area contributed by atoms with E-state index in [1.807, 2.05) is 30.0 Å². The molecule has 28 heavy (non-hydrogen) atoms. The maximum atomic E-state index is 13.1. The van der Waals surface area contributed by atoms with Crippen LogP contribution in [0, 0.1) is 6.92 Å². The van der Waals surface area contributed by atoms with E-state index in [1.54, 1.807) is 18.5 Å². The van der Waals surface area contributed by atoms with Gasteiger partial charge >= 0.3 is 0 Å². The van der Waals surface area contributed by atoms with Crippen molar-refractivity contribution in [1.29, 1.82) is 0 Å². The zero-order valence-corrected chi connectivity index (χ0v) is 16.4. The number of thiazole rings is 1. The fraction of sp³-hybridized carbons (Fsp3) is 0.250. The molecule has 1 aromatic carbocycles. The summed E-state index contributed by atoms with van der Waals surface area (Å²) in [7, 11) is 0. The quantitative estimate of drug-likeness (QED) is 0.739. The molecule has 0 saturated carbocycles. The molecule has 0 aliphatic carbocycles. The topological polar surface area (TPSA) is 88.1 Å². The van der Waals surface area contributed by atoms with Crippen LogP contribution in [0.25, 0.3) is 10.8 Å². The van der Waals surface area contributed by atoms with E-state index in [9.17, 15) is 9.59 Å². The number of hydrogen-bond acceptors (Lipinski definition) is 6. The first-order valence-corrected chi connectivity index (χ1v) is 9.77. The third-order valence-electron chi connectivity index (χ3n) is 4.61. The first-order valence-electron chi connectivity index (χ1n) is 8.95. The van der Waals surface area contributed by atoms with Crippen molar-refractivity contribution in [3.05, 3.63) is 58.4 Å². The van der Waals surface area contributed by atoms with Gasteiger partial charge in [-0.1, -0.05) is 12.1 Å². The molecule has 1 N–H and O–H groups in total. The number of carbonyl (C=O) groups excluding carboxylic acids is 2. The van der Waals surface area contributed by atoms with Crippen molar-refractivity contribution in [3.63, 3.8) is 0 Å². The molecule has 0 saturated heterocycles. The lowest BCUT2D eigenvalue weighted by atomic mass is 9.97. The number of carbonyl (C=O) groups is 2. The number of rotatable bonds is 3. The van der Waals surface area contributed by atoms with Gasteiger partial charge in [0.05, 0.1) is 5.69 Å². The van der Waals surface area contributed by atoms with Gasteiger partial charge in [0.25, 0.3) is 5.91 Å². The second-order valence-electron chi connectivity index (χ2n) is 6.61. The van der Waals surface area contributed by atoms with Crippen LogP contribution in [0.5, 0.6) is 0 Å². The number of anilines is 1. The molecule has 0 atom stereocenters. The molecule has 7 nitrogen and oxygen atoms in total. The molecule has 0 spiro atoms. The SMILES string of the molecule is CC(=O)Nc1cccc2c1CCN(C(=O)c1sc(-c3ncccn3)nc1C)C2. The summed E-state index contributed by atoms with van der Waals surface area (Å²) in [5, 5.41) is 3.52. The Hall–Kier alpha value is -3.13. The standard InChI is InChI=1S/C20H19N5O2S/c1-12-17(28-19(23-12)18-21-8-4-9-22-18)20(27)25-10-7-15-14(11-25)5-3-6-16(15)24-13(2)26/h3-6,8-9H,7,10-11H2,1-2H3,(H,24,26). The molecule has 0 fully saturated rings. The molecule has 142 valence electrons. The predicted molar refractivity (Wildman–Crippen MR) is 107 cm³/mol. The molecular formula is C20H19N5O2S. The summed E-state index contributed by atoms with van der Waals surface area (Å²) in [4.78, 5) is 39.9. The average molecular weight is 393 g/mol. The molecular weight excluding hydrogens is 374 g/mol. The maximum absolute atomic E-state index is 13.1. The van der Waals surface area contributed by atoms with E-state index in [0.717, 1.165) is 16.8 Å². The highest BCUT2D eigenvalue weighted by atomic mass is 32.1. The van der Waals surface area contributed by atoms with Gasteiger partial charge in [0.1, 0.15) is 4.88 Å². The van der Waals surface area contributed by atoms with Crippen molar-refractivity contribution in [1.82, 2.24) is 19.9 Å². The fourth-order valence-corrected chi connectivity index (χ4v) is 4.32. The van der Waals surface area contributed by atoms with Crippen LogP contribution in [0.4, 0.5) is 5.69 Å². The summed E-state index contributed by atoms with van der Waals surface area (Å²) in [6, 6.07) is 7.55. The van der Waals surface area contributed by atoms with Crippen molar-refractivity contribution >= 4 is 28.8 Å². The van der Waals surface area contributed by atoms with Gasteiger partial charge in [-0.25, -0.2) is 15.0 Å². The lowest BCUT2D eigenvalue weighted by Gasteiger charge is -2.30. The minimum Gasteiger partial charge on any atom is -0.333 e. The summed E-state index contributed by atoms with van der Waals surface area (Å²) in [6.45, 7) is 4.44. The predicted octanol–water partition coefficient (Wildman–Crippen LogP) is 3.07. The van der Waals surface area contributed by atoms with Crippen LogP contribution >= 0.6 is 11.3 Å². The van der Waals surface area contributed by atoms with E-state index in [1.165, 1.54) is 18.3 Å². The van der Waals surface area contributed by atoms with E-state index >= 15 is 0 Å². The third-order valence-corrected chi connectivity index (χ3v) is 5.75. The lowest BCUT2D eigenvalue weighted by molar-refractivity contribution is -0.114. The summed E-state index contributed by atoms with van der Waals surface area (Å²) in [5.41, 5.74) is 3.67. The molecule has 0 bridgehead atoms. The van der Waals surface area contributed by atoms with Crippen molar-refractivity contribution in [2.24, 2.45) is 0 Å². The summed E-state index contributed by atoms with van der Waals surface area (Å²) >= 11 is 1.32. The third kappa shape index (κ3) is 3.50. The largest absolute Gasteiger partial charge is 0.333 e. The highest BCUT2D eigenvalue weighted by molar-refractivity contribution is 7.17. The Labute approximate surface area is 166 Å². The Morgan fingerprint density at radius 1 is 1.18 bits per heavy atom. The number of aromatic nitrogens is 3. The van der Waals surface area contributed by atoms with Gasteiger partial charge in [0.2, 0.25) is 5.91 Å². The van der Waals surface area contributed by atoms with Crippen LogP contribution in [0.15, 0.2) is 36.7 Å². The van der Waals surface area contributed by atoms with Crippen molar-refractivity contribution in [2.75, 3.05) is 11.9 Å². The van der Waals surface area contributed by atoms with Crippen molar-refractivity contribution < 1.29 is 9.59 Å². The number of hydrogen-bond donors (Lipinski definition) is 1. The van der Waals surface area contributed by atoms with Crippen molar-refractivity contribution in [3.8, 4) is 10.8 Å². The molecule has 0 radical (unpaired) electrons. The number of benzene rings is 1. The molecule has 2 amide bonds. The molecule has 4 rings (SSSR count). The fourth-order valence-electron chi connectivity index (χ4n) is 3.33. The van der Waals surface area contributed by atoms with E-state index in [2.05, 4.69) is 20.3 Å². The van der Waals surface area contributed by atoms with Gasteiger partial charge in [-0.3, -0.25) is 9.59 Å². The van der Waals surface area contributed by atoms with Gasteiger partial charge in [0, 0.05) is 38.1 Å². The zero-order chi connectivity index (χ0) is 19.7. The molecule has 3 aromatic rings. The Balaban J connectivity index is 1.58. The van der Waals surface area contributed by atoms with Crippen LogP contribution in [-0.2, 0) is 17.8 Å². The van der Waals surface area contributed by atoms with Crippen LogP contribution in [0.3, 0.4) is 0 Å². The smallest absolute Gasteiger partial charge is 0.266 e. The average Bonchev–Trinajstić information content (AvgIpc) is 3.09. The minimum absolute atomic E-state index is 0.0345. The molecule has 8 heteroatoms. The second-order valence-corrected chi connectivity index (χ2v) is 7.61. The highest BCUT2D eigenvalue weighted by Gasteiger charge is 2.27. The molecule has 3 heterocycles. The van der Waals surface area contributed by atoms with Crippen LogP contribution in [0.2, 0.25) is 0 Å². The van der Waals surface area contributed by atoms with Gasteiger partial charge in [-0.05, 0) is 36.6 Å². The van der Waals surface area contributed by atoms with E-state index in [0.29, 0.717) is 40.9 Å². The Morgan fingerprint density at radius 2 is 1.96 bits per heavy atom. The summed E-state index contributed by atoms with van der Waals surface area (Å²) < 4.78 is 0. The summed E-state index contributed by atoms with van der Waals surface area (Å²) in [6.07, 6.45) is 4.02. The highest BCUT2D eigenvalue weighted by Crippen LogP contribution is 2.30. The molecule has 1 aliphatic heterocycles. The number of nitrogens with one attached hydrogen (secondary N) is 1. The first-order chi connectivity index (χ1) is 13.5. The Bertz CT molecular complexity index is 1050. The Morgan fingerprint density at radius 3 is 2.71 bits per heavy atom. The second kappa shape index (κ2) is 7.47. The molecule has 2 aromatic heterocycles. The maximum Gasteiger partial charge on any atom is 0.266 e. The minimum atomic E-state index is -0.0946. The van der Waals surface area contributed by atoms with E-state index in [4.69, 9.17) is 0 Å². The first kappa shape index (κ1) is 18.2. The van der Waals surface area contributed by atoms with Gasteiger partial charge in [-0.15, -0.1) is 11.3 Å². The van der Waals surface area contributed by atoms with Gasteiger partial charge in [-0.2, -0.15) is 0 Å². The Kier molecular flexibility index (Phi) is 4.87. The van der Waals surface area contributed by atoms with E-state index < -0.39 is 0 Å². The number of fused-ring (bicyclic) bond motifs is 1. The van der Waals surface area contributed by atoms with Gasteiger partial charge < -0.3 is 10.2 Å². The van der Waals surface area contributed by atoms with Crippen LogP contribution in [-0.4, -0.2) is 38.2 Å². The van der Waals surface area contributed by atoms with Crippen molar-refractivity contribution in [2.45, 2.75) is 26.8 Å². The normalized spacial score (nSPS) is 13.1. The van der Waals surface area contributed by atoms with Gasteiger partial charge in [0.15, 0.2) is 10.8 Å². The lowest BCUT2D eigenvalue weighted by Crippen LogP contribution is -2.36. The van der Waals surface area contributed by atoms with Crippen LogP contribution < -0.4 is 5.32 Å². The number of nitrogens with zero attached hydrogens (tertiary/aromatic N) is 4. The number of aryl methyl sites for hydroxylation is 1. The molecule has 0 unspecified atom stereocenters. The summed E-state index contributed by atoms with van der Waals surface area (Å²) in [5.74, 6) is 0.397. The number of amides is 2. The van der Waals surface area contributed by atoms with E-state index in [-0.39, 0.29) is 11.8 Å².